The van der Waals surface area contributed by atoms with Gasteiger partial charge in [0, 0.05) is 58.6 Å². The first-order chi connectivity index (χ1) is 13.3. The van der Waals surface area contributed by atoms with Gasteiger partial charge in [-0.05, 0) is 30.9 Å². The summed E-state index contributed by atoms with van der Waals surface area (Å²) in [5.41, 5.74) is 0. The molecule has 1 amide bonds. The molecular formula is C20H31N5O2. The first-order valence-electron chi connectivity index (χ1n) is 10.3. The fraction of sp³-hybridized carbons (Fsp3) is 0.700. The maximum atomic E-state index is 12.7. The summed E-state index contributed by atoms with van der Waals surface area (Å²) in [6.07, 6.45) is 4.19. The Hall–Kier alpha value is -1.70. The summed E-state index contributed by atoms with van der Waals surface area (Å²) < 4.78 is 5.46. The van der Waals surface area contributed by atoms with Gasteiger partial charge >= 0.3 is 0 Å². The van der Waals surface area contributed by atoms with E-state index in [0.717, 1.165) is 64.6 Å². The molecule has 0 bridgehead atoms. The summed E-state index contributed by atoms with van der Waals surface area (Å²) >= 11 is 0. The zero-order valence-corrected chi connectivity index (χ0v) is 16.1. The smallest absolute Gasteiger partial charge is 0.242 e. The van der Waals surface area contributed by atoms with Crippen LogP contribution in [-0.2, 0) is 9.53 Å². The number of morpholine rings is 1. The number of piperazine rings is 1. The Morgan fingerprint density at radius 2 is 2.11 bits per heavy atom. The van der Waals surface area contributed by atoms with Crippen molar-refractivity contribution in [1.29, 1.82) is 0 Å². The van der Waals surface area contributed by atoms with Gasteiger partial charge < -0.3 is 19.9 Å². The van der Waals surface area contributed by atoms with Crippen molar-refractivity contribution in [3.05, 3.63) is 24.4 Å². The maximum Gasteiger partial charge on any atom is 0.242 e. The van der Waals surface area contributed by atoms with Crippen LogP contribution in [0.3, 0.4) is 0 Å². The number of aromatic nitrogens is 1. The van der Waals surface area contributed by atoms with Crippen LogP contribution >= 0.6 is 0 Å². The number of nitrogens with one attached hydrogen (secondary N) is 1. The summed E-state index contributed by atoms with van der Waals surface area (Å²) in [4.78, 5) is 24.2. The average Bonchev–Trinajstić information content (AvgIpc) is 2.75. The normalized spacial score (nSPS) is 27.6. The number of hydrogen-bond acceptors (Lipinski definition) is 6. The highest BCUT2D eigenvalue weighted by Crippen LogP contribution is 2.20. The van der Waals surface area contributed by atoms with E-state index in [-0.39, 0.29) is 11.9 Å². The molecule has 0 unspecified atom stereocenters. The van der Waals surface area contributed by atoms with E-state index in [9.17, 15) is 4.79 Å². The molecule has 3 fully saturated rings. The summed E-state index contributed by atoms with van der Waals surface area (Å²) in [6.45, 7) is 9.04. The lowest BCUT2D eigenvalue weighted by Gasteiger charge is -2.40. The SMILES string of the molecule is O=C([C@H]1COCCN1)N1CCC[C@@H](CN2CCN(c3ccccn3)CC2)C1. The number of carbonyl (C=O) groups is 1. The van der Waals surface area contributed by atoms with E-state index in [2.05, 4.69) is 37.1 Å². The van der Waals surface area contributed by atoms with Gasteiger partial charge in [0.05, 0.1) is 13.2 Å². The summed E-state index contributed by atoms with van der Waals surface area (Å²) in [6, 6.07) is 5.95. The summed E-state index contributed by atoms with van der Waals surface area (Å²) in [5.74, 6) is 1.88. The van der Waals surface area contributed by atoms with Crippen molar-refractivity contribution in [1.82, 2.24) is 20.1 Å². The standard InChI is InChI=1S/C20H31N5O2/c26-20(18-16-27-13-7-21-18)25-8-3-4-17(15-25)14-23-9-11-24(12-10-23)19-5-1-2-6-22-19/h1-2,5-6,17-18,21H,3-4,7-16H2/t17-,18+/m0/s1. The van der Waals surface area contributed by atoms with Gasteiger partial charge in [-0.2, -0.15) is 0 Å². The number of rotatable bonds is 4. The van der Waals surface area contributed by atoms with Gasteiger partial charge in [0.1, 0.15) is 11.9 Å². The van der Waals surface area contributed by atoms with Crippen LogP contribution in [0.4, 0.5) is 5.82 Å². The number of anilines is 1. The minimum absolute atomic E-state index is 0.153. The van der Waals surface area contributed by atoms with Crippen LogP contribution < -0.4 is 10.2 Å². The molecule has 2 atom stereocenters. The molecule has 148 valence electrons. The Morgan fingerprint density at radius 1 is 1.22 bits per heavy atom. The van der Waals surface area contributed by atoms with Crippen molar-refractivity contribution >= 4 is 11.7 Å². The number of piperidine rings is 1. The maximum absolute atomic E-state index is 12.7. The van der Waals surface area contributed by atoms with Gasteiger partial charge in [0.2, 0.25) is 5.91 Å². The average molecular weight is 374 g/mol. The van der Waals surface area contributed by atoms with E-state index < -0.39 is 0 Å². The van der Waals surface area contributed by atoms with E-state index in [4.69, 9.17) is 4.74 Å². The summed E-state index contributed by atoms with van der Waals surface area (Å²) in [7, 11) is 0. The first-order valence-corrected chi connectivity index (χ1v) is 10.3. The number of amides is 1. The van der Waals surface area contributed by atoms with E-state index in [0.29, 0.717) is 19.1 Å². The van der Waals surface area contributed by atoms with Crippen LogP contribution in [0.2, 0.25) is 0 Å². The third kappa shape index (κ3) is 4.78. The first kappa shape index (κ1) is 18.7. The van der Waals surface area contributed by atoms with Crippen molar-refractivity contribution in [3.63, 3.8) is 0 Å². The lowest BCUT2D eigenvalue weighted by Crippen LogP contribution is -2.55. The molecule has 7 nitrogen and oxygen atoms in total. The molecule has 1 N–H and O–H groups in total. The van der Waals surface area contributed by atoms with Crippen LogP contribution in [0.1, 0.15) is 12.8 Å². The van der Waals surface area contributed by atoms with Crippen LogP contribution in [0, 0.1) is 5.92 Å². The van der Waals surface area contributed by atoms with Gasteiger partial charge in [-0.15, -0.1) is 0 Å². The Labute approximate surface area is 161 Å². The molecule has 1 aromatic rings. The molecule has 3 saturated heterocycles. The summed E-state index contributed by atoms with van der Waals surface area (Å²) in [5, 5.41) is 3.29. The highest BCUT2D eigenvalue weighted by Gasteiger charge is 2.31. The molecule has 0 radical (unpaired) electrons. The van der Waals surface area contributed by atoms with Crippen molar-refractivity contribution in [2.75, 3.05) is 70.5 Å². The van der Waals surface area contributed by atoms with Gasteiger partial charge in [0.15, 0.2) is 0 Å². The van der Waals surface area contributed by atoms with Crippen molar-refractivity contribution in [3.8, 4) is 0 Å². The lowest BCUT2D eigenvalue weighted by atomic mass is 9.96. The number of likely N-dealkylation sites (tertiary alicyclic amines) is 1. The van der Waals surface area contributed by atoms with Gasteiger partial charge in [-0.3, -0.25) is 9.69 Å². The Kier molecular flexibility index (Phi) is 6.21. The molecular weight excluding hydrogens is 342 g/mol. The number of ether oxygens (including phenoxy) is 1. The zero-order valence-electron chi connectivity index (χ0n) is 16.1. The van der Waals surface area contributed by atoms with E-state index >= 15 is 0 Å². The van der Waals surface area contributed by atoms with Crippen LogP contribution in [0.25, 0.3) is 0 Å². The number of nitrogens with zero attached hydrogens (tertiary/aromatic N) is 4. The molecule has 0 saturated carbocycles. The van der Waals surface area contributed by atoms with Crippen molar-refractivity contribution in [2.24, 2.45) is 5.92 Å². The molecule has 27 heavy (non-hydrogen) atoms. The molecule has 4 heterocycles. The number of carbonyl (C=O) groups excluding carboxylic acids is 1. The van der Waals surface area contributed by atoms with E-state index in [1.165, 1.54) is 6.42 Å². The molecule has 0 aliphatic carbocycles. The Morgan fingerprint density at radius 3 is 2.85 bits per heavy atom. The number of hydrogen-bond donors (Lipinski definition) is 1. The number of pyridine rings is 1. The third-order valence-corrected chi connectivity index (χ3v) is 5.91. The molecule has 1 aromatic heterocycles. The second-order valence-corrected chi connectivity index (χ2v) is 7.85. The molecule has 7 heteroatoms. The quantitative estimate of drug-likeness (QED) is 0.826. The second kappa shape index (κ2) is 8.99. The fourth-order valence-corrected chi connectivity index (χ4v) is 4.42. The van der Waals surface area contributed by atoms with Crippen molar-refractivity contribution < 1.29 is 9.53 Å². The van der Waals surface area contributed by atoms with Gasteiger partial charge in [-0.25, -0.2) is 4.98 Å². The van der Waals surface area contributed by atoms with Crippen molar-refractivity contribution in [2.45, 2.75) is 18.9 Å². The van der Waals surface area contributed by atoms with Crippen LogP contribution in [0.15, 0.2) is 24.4 Å². The second-order valence-electron chi connectivity index (χ2n) is 7.85. The largest absolute Gasteiger partial charge is 0.378 e. The van der Waals surface area contributed by atoms with Gasteiger partial charge in [-0.1, -0.05) is 6.07 Å². The van der Waals surface area contributed by atoms with E-state index in [1.807, 2.05) is 12.3 Å². The van der Waals surface area contributed by atoms with E-state index in [1.54, 1.807) is 0 Å². The topological polar surface area (TPSA) is 60.9 Å². The molecule has 3 aliphatic heterocycles. The van der Waals surface area contributed by atoms with Gasteiger partial charge in [0.25, 0.3) is 0 Å². The fourth-order valence-electron chi connectivity index (χ4n) is 4.42. The zero-order chi connectivity index (χ0) is 18.5. The monoisotopic (exact) mass is 373 g/mol. The van der Waals surface area contributed by atoms with Crippen LogP contribution in [0.5, 0.6) is 0 Å². The molecule has 3 aliphatic rings. The Balaban J connectivity index is 1.24. The predicted octanol–water partition coefficient (Wildman–Crippen LogP) is 0.431. The highest BCUT2D eigenvalue weighted by atomic mass is 16.5. The minimum Gasteiger partial charge on any atom is -0.378 e. The Bertz CT molecular complexity index is 600. The molecule has 0 spiro atoms. The molecule has 4 rings (SSSR count). The van der Waals surface area contributed by atoms with Crippen LogP contribution in [-0.4, -0.2) is 92.3 Å². The predicted molar refractivity (Wildman–Crippen MR) is 105 cm³/mol. The highest BCUT2D eigenvalue weighted by molar-refractivity contribution is 5.82. The lowest BCUT2D eigenvalue weighted by molar-refractivity contribution is -0.138. The molecule has 0 aromatic carbocycles. The third-order valence-electron chi connectivity index (χ3n) is 5.91. The minimum atomic E-state index is -0.153.